The van der Waals surface area contributed by atoms with Crippen molar-refractivity contribution in [3.05, 3.63) is 77.8 Å². The topological polar surface area (TPSA) is 122 Å². The molecule has 5 rings (SSSR count). The number of aromatic nitrogens is 4. The Morgan fingerprint density at radius 3 is 2.26 bits per heavy atom. The van der Waals surface area contributed by atoms with Crippen LogP contribution >= 0.6 is 0 Å². The van der Waals surface area contributed by atoms with E-state index >= 15 is 0 Å². The van der Waals surface area contributed by atoms with Crippen LogP contribution in [0.15, 0.2) is 72.2 Å². The highest BCUT2D eigenvalue weighted by Gasteiger charge is 2.37. The van der Waals surface area contributed by atoms with Crippen LogP contribution in [0.2, 0.25) is 0 Å². The molecule has 0 bridgehead atoms. The van der Waals surface area contributed by atoms with Gasteiger partial charge in [0, 0.05) is 35.3 Å². The predicted octanol–water partition coefficient (Wildman–Crippen LogP) is 4.30. The van der Waals surface area contributed by atoms with Crippen molar-refractivity contribution in [2.45, 2.75) is 13.0 Å². The molecule has 4 aromatic rings. The Hall–Kier alpha value is -5.06. The van der Waals surface area contributed by atoms with E-state index in [1.807, 2.05) is 31.2 Å². The summed E-state index contributed by atoms with van der Waals surface area (Å²) in [6, 6.07) is 13.6. The van der Waals surface area contributed by atoms with Crippen LogP contribution in [0.25, 0.3) is 11.4 Å². The van der Waals surface area contributed by atoms with Crippen molar-refractivity contribution in [3.63, 3.8) is 0 Å². The van der Waals surface area contributed by atoms with Crippen molar-refractivity contribution in [2.75, 3.05) is 39.1 Å². The molecule has 0 saturated carbocycles. The molecule has 2 aromatic carbocycles. The van der Waals surface area contributed by atoms with E-state index in [-0.39, 0.29) is 5.91 Å². The highest BCUT2D eigenvalue weighted by Crippen LogP contribution is 2.44. The molecule has 1 unspecified atom stereocenters. The van der Waals surface area contributed by atoms with Gasteiger partial charge in [0.2, 0.25) is 5.95 Å². The molecule has 11 nitrogen and oxygen atoms in total. The summed E-state index contributed by atoms with van der Waals surface area (Å²) in [5.74, 6) is 2.59. The number of allylic oxidation sites excluding steroid dienone is 1. The van der Waals surface area contributed by atoms with Gasteiger partial charge in [-0.3, -0.25) is 9.78 Å². The molecule has 0 spiro atoms. The second-order valence-electron chi connectivity index (χ2n) is 8.61. The largest absolute Gasteiger partial charge is 0.496 e. The van der Waals surface area contributed by atoms with Crippen molar-refractivity contribution in [2.24, 2.45) is 0 Å². The average Bonchev–Trinajstić information content (AvgIpc) is 3.40. The number of hydrogen-bond donors (Lipinski definition) is 2. The van der Waals surface area contributed by atoms with E-state index in [0.29, 0.717) is 57.3 Å². The molecule has 0 saturated heterocycles. The van der Waals surface area contributed by atoms with Crippen LogP contribution in [0.1, 0.15) is 18.5 Å². The Balaban J connectivity index is 1.69. The van der Waals surface area contributed by atoms with Gasteiger partial charge in [-0.25, -0.2) is 4.68 Å². The maximum absolute atomic E-state index is 14.0. The Morgan fingerprint density at radius 1 is 0.897 bits per heavy atom. The fraction of sp³-hybridized carbons (Fsp3) is 0.214. The molecule has 1 aliphatic heterocycles. The second-order valence-corrected chi connectivity index (χ2v) is 8.61. The number of carbonyl (C=O) groups is 1. The van der Waals surface area contributed by atoms with E-state index in [1.54, 1.807) is 69.8 Å². The summed E-state index contributed by atoms with van der Waals surface area (Å²) in [6.45, 7) is 1.82. The lowest BCUT2D eigenvalue weighted by atomic mass is 9.93. The van der Waals surface area contributed by atoms with Gasteiger partial charge in [-0.2, -0.15) is 4.98 Å². The number of methoxy groups -OCH3 is 4. The zero-order chi connectivity index (χ0) is 27.5. The fourth-order valence-corrected chi connectivity index (χ4v) is 4.56. The molecule has 0 aliphatic carbocycles. The molecule has 1 amide bonds. The van der Waals surface area contributed by atoms with Gasteiger partial charge in [-0.05, 0) is 37.3 Å². The number of nitrogens with zero attached hydrogens (tertiary/aromatic N) is 4. The molecule has 200 valence electrons. The van der Waals surface area contributed by atoms with Crippen LogP contribution in [0.5, 0.6) is 23.0 Å². The first-order valence-corrected chi connectivity index (χ1v) is 12.1. The van der Waals surface area contributed by atoms with Gasteiger partial charge in [0.05, 0.1) is 39.7 Å². The Morgan fingerprint density at radius 2 is 1.56 bits per heavy atom. The summed E-state index contributed by atoms with van der Waals surface area (Å²) < 4.78 is 24.0. The summed E-state index contributed by atoms with van der Waals surface area (Å²) in [5.41, 5.74) is 2.96. The molecular formula is C28H28N6O5. The minimum Gasteiger partial charge on any atom is -0.496 e. The minimum absolute atomic E-state index is 0.349. The summed E-state index contributed by atoms with van der Waals surface area (Å²) >= 11 is 0. The van der Waals surface area contributed by atoms with Crippen LogP contribution in [-0.4, -0.2) is 54.1 Å². The molecule has 0 fully saturated rings. The maximum Gasteiger partial charge on any atom is 0.255 e. The quantitative estimate of drug-likeness (QED) is 0.345. The maximum atomic E-state index is 14.0. The first-order chi connectivity index (χ1) is 19.0. The lowest BCUT2D eigenvalue weighted by Crippen LogP contribution is -2.32. The first-order valence-electron chi connectivity index (χ1n) is 12.1. The standard InChI is InChI=1S/C28H28N6O5/c1-16-24(27(35)31-19-8-6-7-9-20(19)36-2)25(18-14-22(38-4)23(39-5)15-21(18)37-3)34-28(30-16)32-26(33-34)17-10-12-29-13-11-17/h6-15,25H,1-5H3,(H,31,35)(H,30,32,33). The van der Waals surface area contributed by atoms with Gasteiger partial charge in [0.25, 0.3) is 5.91 Å². The number of pyridine rings is 1. The van der Waals surface area contributed by atoms with Gasteiger partial charge >= 0.3 is 0 Å². The number of ether oxygens (including phenoxy) is 4. The number of para-hydroxylation sites is 2. The zero-order valence-corrected chi connectivity index (χ0v) is 22.2. The highest BCUT2D eigenvalue weighted by molar-refractivity contribution is 6.06. The van der Waals surface area contributed by atoms with E-state index < -0.39 is 6.04 Å². The lowest BCUT2D eigenvalue weighted by Gasteiger charge is -2.30. The number of nitrogens with one attached hydrogen (secondary N) is 2. The molecule has 11 heteroatoms. The number of hydrogen-bond acceptors (Lipinski definition) is 9. The summed E-state index contributed by atoms with van der Waals surface area (Å²) in [6.07, 6.45) is 3.35. The van der Waals surface area contributed by atoms with E-state index in [1.165, 1.54) is 0 Å². The van der Waals surface area contributed by atoms with Crippen LogP contribution < -0.4 is 29.6 Å². The smallest absolute Gasteiger partial charge is 0.255 e. The lowest BCUT2D eigenvalue weighted by molar-refractivity contribution is -0.113. The molecular weight excluding hydrogens is 500 g/mol. The first kappa shape index (κ1) is 25.6. The third-order valence-corrected chi connectivity index (χ3v) is 6.42. The van der Waals surface area contributed by atoms with Gasteiger partial charge < -0.3 is 29.6 Å². The molecule has 1 atom stereocenters. The van der Waals surface area contributed by atoms with Gasteiger partial charge in [-0.15, -0.1) is 5.10 Å². The van der Waals surface area contributed by atoms with Crippen LogP contribution in [0, 0.1) is 0 Å². The number of carbonyl (C=O) groups excluding carboxylic acids is 1. The van der Waals surface area contributed by atoms with Gasteiger partial charge in [-0.1, -0.05) is 12.1 Å². The van der Waals surface area contributed by atoms with E-state index in [2.05, 4.69) is 15.6 Å². The third kappa shape index (κ3) is 4.70. The van der Waals surface area contributed by atoms with E-state index in [4.69, 9.17) is 29.0 Å². The number of fused-ring (bicyclic) bond motifs is 1. The van der Waals surface area contributed by atoms with E-state index in [0.717, 1.165) is 5.56 Å². The van der Waals surface area contributed by atoms with Crippen molar-refractivity contribution in [3.8, 4) is 34.4 Å². The summed E-state index contributed by atoms with van der Waals surface area (Å²) in [5, 5.41) is 11.0. The number of anilines is 2. The predicted molar refractivity (Wildman–Crippen MR) is 145 cm³/mol. The Kier molecular flexibility index (Phi) is 7.04. The summed E-state index contributed by atoms with van der Waals surface area (Å²) in [7, 11) is 6.21. The highest BCUT2D eigenvalue weighted by atomic mass is 16.5. The Bertz CT molecular complexity index is 1550. The average molecular weight is 529 g/mol. The van der Waals surface area contributed by atoms with Crippen LogP contribution in [0.4, 0.5) is 11.6 Å². The van der Waals surface area contributed by atoms with Gasteiger partial charge in [0.15, 0.2) is 17.3 Å². The zero-order valence-electron chi connectivity index (χ0n) is 22.2. The van der Waals surface area contributed by atoms with Crippen molar-refractivity contribution in [1.82, 2.24) is 19.7 Å². The third-order valence-electron chi connectivity index (χ3n) is 6.42. The van der Waals surface area contributed by atoms with Crippen LogP contribution in [0.3, 0.4) is 0 Å². The van der Waals surface area contributed by atoms with Crippen molar-refractivity contribution < 1.29 is 23.7 Å². The molecule has 3 heterocycles. The molecule has 39 heavy (non-hydrogen) atoms. The number of rotatable bonds is 8. The second kappa shape index (κ2) is 10.7. The van der Waals surface area contributed by atoms with Crippen LogP contribution in [-0.2, 0) is 4.79 Å². The summed E-state index contributed by atoms with van der Waals surface area (Å²) in [4.78, 5) is 22.8. The van der Waals surface area contributed by atoms with Crippen molar-refractivity contribution >= 4 is 17.5 Å². The fourth-order valence-electron chi connectivity index (χ4n) is 4.56. The molecule has 2 aromatic heterocycles. The minimum atomic E-state index is -0.728. The SMILES string of the molecule is COc1ccccc1NC(=O)C1=C(C)Nc2nc(-c3ccncc3)nn2C1c1cc(OC)c(OC)cc1OC. The number of benzene rings is 2. The monoisotopic (exact) mass is 528 g/mol. The van der Waals surface area contributed by atoms with Crippen molar-refractivity contribution in [1.29, 1.82) is 0 Å². The molecule has 2 N–H and O–H groups in total. The normalized spacial score (nSPS) is 14.2. The van der Waals surface area contributed by atoms with E-state index in [9.17, 15) is 4.79 Å². The van der Waals surface area contributed by atoms with Gasteiger partial charge in [0.1, 0.15) is 17.5 Å². The molecule has 1 aliphatic rings. The number of amides is 1. The Labute approximate surface area is 225 Å². The molecule has 0 radical (unpaired) electrons.